The zero-order chi connectivity index (χ0) is 11.0. The Balaban J connectivity index is 2.35. The highest BCUT2D eigenvalue weighted by Crippen LogP contribution is 2.43. The van der Waals surface area contributed by atoms with Gasteiger partial charge in [-0.1, -0.05) is 6.92 Å². The molecule has 4 heteroatoms. The van der Waals surface area contributed by atoms with Gasteiger partial charge in [0.05, 0.1) is 5.92 Å². The van der Waals surface area contributed by atoms with Crippen LogP contribution in [-0.4, -0.2) is 16.8 Å². The first-order valence-electron chi connectivity index (χ1n) is 4.74. The summed E-state index contributed by atoms with van der Waals surface area (Å²) in [5.41, 5.74) is 0.843. The molecule has 2 nitrogen and oxygen atoms in total. The van der Waals surface area contributed by atoms with Crippen LogP contribution in [0.5, 0.6) is 0 Å². The summed E-state index contributed by atoms with van der Waals surface area (Å²) < 4.78 is 13.0. The first-order chi connectivity index (χ1) is 7.09. The first kappa shape index (κ1) is 10.5. The van der Waals surface area contributed by atoms with Crippen LogP contribution in [-0.2, 0) is 4.79 Å². The van der Waals surface area contributed by atoms with Crippen LogP contribution in [0.15, 0.2) is 23.1 Å². The van der Waals surface area contributed by atoms with E-state index in [0.717, 1.165) is 16.2 Å². The maximum atomic E-state index is 13.0. The van der Waals surface area contributed by atoms with Crippen molar-refractivity contribution in [1.29, 1.82) is 0 Å². The molecule has 1 N–H and O–H groups in total. The van der Waals surface area contributed by atoms with Gasteiger partial charge in [0.25, 0.3) is 0 Å². The molecular weight excluding hydrogens is 215 g/mol. The van der Waals surface area contributed by atoms with Gasteiger partial charge in [0.2, 0.25) is 0 Å². The lowest BCUT2D eigenvalue weighted by Gasteiger charge is -2.15. The number of aliphatic carboxylic acids is 1. The molecule has 0 saturated heterocycles. The lowest BCUT2D eigenvalue weighted by atomic mass is 9.89. The van der Waals surface area contributed by atoms with E-state index in [0.29, 0.717) is 0 Å². The first-order valence-corrected chi connectivity index (χ1v) is 5.73. The Bertz CT molecular complexity index is 406. The van der Waals surface area contributed by atoms with Gasteiger partial charge in [0, 0.05) is 16.6 Å². The summed E-state index contributed by atoms with van der Waals surface area (Å²) in [5.74, 6) is -0.915. The van der Waals surface area contributed by atoms with Crippen molar-refractivity contribution in [2.24, 2.45) is 5.92 Å². The second-order valence-corrected chi connectivity index (χ2v) is 4.79. The Labute approximate surface area is 91.5 Å². The Morgan fingerprint density at radius 2 is 2.40 bits per heavy atom. The third-order valence-electron chi connectivity index (χ3n) is 2.78. The van der Waals surface area contributed by atoms with Gasteiger partial charge in [-0.3, -0.25) is 4.79 Å². The van der Waals surface area contributed by atoms with Gasteiger partial charge in [-0.15, -0.1) is 11.8 Å². The highest BCUT2D eigenvalue weighted by atomic mass is 32.2. The number of carbonyl (C=O) groups is 1. The van der Waals surface area contributed by atoms with E-state index in [4.69, 9.17) is 5.11 Å². The topological polar surface area (TPSA) is 37.3 Å². The van der Waals surface area contributed by atoms with Crippen molar-refractivity contribution >= 4 is 17.7 Å². The molecule has 0 aromatic heterocycles. The van der Waals surface area contributed by atoms with Crippen LogP contribution in [0.25, 0.3) is 0 Å². The van der Waals surface area contributed by atoms with Crippen molar-refractivity contribution in [2.45, 2.75) is 17.7 Å². The molecule has 0 saturated carbocycles. The number of benzene rings is 1. The number of halogens is 1. The number of thioether (sulfide) groups is 1. The molecule has 0 radical (unpaired) electrons. The lowest BCUT2D eigenvalue weighted by molar-refractivity contribution is -0.141. The number of carboxylic acids is 1. The van der Waals surface area contributed by atoms with Crippen molar-refractivity contribution in [3.8, 4) is 0 Å². The normalized spacial score (nSPS) is 21.1. The Hall–Kier alpha value is -1.03. The van der Waals surface area contributed by atoms with Crippen LogP contribution in [0.2, 0.25) is 0 Å². The predicted molar refractivity (Wildman–Crippen MR) is 56.7 cm³/mol. The van der Waals surface area contributed by atoms with E-state index in [1.165, 1.54) is 12.1 Å². The summed E-state index contributed by atoms with van der Waals surface area (Å²) in [7, 11) is 0. The summed E-state index contributed by atoms with van der Waals surface area (Å²) >= 11 is 1.60. The van der Waals surface area contributed by atoms with E-state index in [9.17, 15) is 9.18 Å². The molecule has 2 atom stereocenters. The molecule has 1 aromatic rings. The summed E-state index contributed by atoms with van der Waals surface area (Å²) in [6.07, 6.45) is 0. The highest BCUT2D eigenvalue weighted by Gasteiger charge is 2.31. The molecule has 1 aliphatic heterocycles. The SMILES string of the molecule is CC(C(=O)O)C1CSc2ccc(F)cc21. The molecule has 2 unspecified atom stereocenters. The molecule has 0 aliphatic carbocycles. The van der Waals surface area contributed by atoms with Crippen molar-refractivity contribution in [1.82, 2.24) is 0 Å². The van der Waals surface area contributed by atoms with E-state index in [2.05, 4.69) is 0 Å². The zero-order valence-corrected chi connectivity index (χ0v) is 9.05. The number of carboxylic acid groups (broad SMARTS) is 1. The van der Waals surface area contributed by atoms with Crippen LogP contribution in [0, 0.1) is 11.7 Å². The van der Waals surface area contributed by atoms with Gasteiger partial charge < -0.3 is 5.11 Å². The van der Waals surface area contributed by atoms with Gasteiger partial charge in [-0.2, -0.15) is 0 Å². The van der Waals surface area contributed by atoms with Gasteiger partial charge in [-0.25, -0.2) is 4.39 Å². The van der Waals surface area contributed by atoms with E-state index < -0.39 is 11.9 Å². The monoisotopic (exact) mass is 226 g/mol. The average molecular weight is 226 g/mol. The number of rotatable bonds is 2. The van der Waals surface area contributed by atoms with Gasteiger partial charge >= 0.3 is 5.97 Å². The Morgan fingerprint density at radius 3 is 3.07 bits per heavy atom. The Morgan fingerprint density at radius 1 is 1.67 bits per heavy atom. The quantitative estimate of drug-likeness (QED) is 0.842. The maximum absolute atomic E-state index is 13.0. The minimum Gasteiger partial charge on any atom is -0.481 e. The third-order valence-corrected chi connectivity index (χ3v) is 3.99. The standard InChI is InChI=1S/C11H11FO2S/c1-6(11(13)14)9-5-15-10-3-2-7(12)4-8(9)10/h2-4,6,9H,5H2,1H3,(H,13,14). The molecular formula is C11H11FO2S. The van der Waals surface area contributed by atoms with E-state index in [1.807, 2.05) is 0 Å². The minimum atomic E-state index is -0.822. The van der Waals surface area contributed by atoms with Crippen LogP contribution in [0.1, 0.15) is 18.4 Å². The second-order valence-electron chi connectivity index (χ2n) is 3.73. The second kappa shape index (κ2) is 3.85. The van der Waals surface area contributed by atoms with Crippen LogP contribution in [0.4, 0.5) is 4.39 Å². The summed E-state index contributed by atoms with van der Waals surface area (Å²) in [6.45, 7) is 1.67. The van der Waals surface area contributed by atoms with Crippen molar-refractivity contribution in [2.75, 3.05) is 5.75 Å². The zero-order valence-electron chi connectivity index (χ0n) is 8.24. The van der Waals surface area contributed by atoms with Crippen LogP contribution < -0.4 is 0 Å². The fourth-order valence-electron chi connectivity index (χ4n) is 1.80. The van der Waals surface area contributed by atoms with Crippen LogP contribution >= 0.6 is 11.8 Å². The summed E-state index contributed by atoms with van der Waals surface area (Å²) in [5, 5.41) is 8.93. The number of hydrogen-bond acceptors (Lipinski definition) is 2. The van der Waals surface area contributed by atoms with Gasteiger partial charge in [-0.05, 0) is 23.8 Å². The smallest absolute Gasteiger partial charge is 0.306 e. The molecule has 0 amide bonds. The van der Waals surface area contributed by atoms with E-state index >= 15 is 0 Å². The van der Waals surface area contributed by atoms with Crippen molar-refractivity contribution in [3.63, 3.8) is 0 Å². The molecule has 0 fully saturated rings. The molecule has 0 bridgehead atoms. The van der Waals surface area contributed by atoms with Gasteiger partial charge in [0.1, 0.15) is 5.82 Å². The predicted octanol–water partition coefficient (Wildman–Crippen LogP) is 2.74. The molecule has 1 aromatic carbocycles. The molecule has 0 spiro atoms. The molecule has 15 heavy (non-hydrogen) atoms. The average Bonchev–Trinajstić information content (AvgIpc) is 2.59. The maximum Gasteiger partial charge on any atom is 0.306 e. The summed E-state index contributed by atoms with van der Waals surface area (Å²) in [6, 6.07) is 4.60. The lowest BCUT2D eigenvalue weighted by Crippen LogP contribution is -2.18. The molecule has 2 rings (SSSR count). The van der Waals surface area contributed by atoms with Crippen LogP contribution in [0.3, 0.4) is 0 Å². The van der Waals surface area contributed by atoms with Crippen molar-refractivity contribution < 1.29 is 14.3 Å². The minimum absolute atomic E-state index is 0.0711. The van der Waals surface area contributed by atoms with Gasteiger partial charge in [0.15, 0.2) is 0 Å². The molecule has 1 heterocycles. The fraction of sp³-hybridized carbons (Fsp3) is 0.364. The van der Waals surface area contributed by atoms with E-state index in [-0.39, 0.29) is 11.7 Å². The number of hydrogen-bond donors (Lipinski definition) is 1. The number of fused-ring (bicyclic) bond motifs is 1. The molecule has 1 aliphatic rings. The summed E-state index contributed by atoms with van der Waals surface area (Å²) in [4.78, 5) is 11.9. The Kier molecular flexibility index (Phi) is 2.69. The third kappa shape index (κ3) is 1.86. The largest absolute Gasteiger partial charge is 0.481 e. The van der Waals surface area contributed by atoms with E-state index in [1.54, 1.807) is 24.8 Å². The highest BCUT2D eigenvalue weighted by molar-refractivity contribution is 7.99. The molecule has 80 valence electrons. The van der Waals surface area contributed by atoms with Crippen molar-refractivity contribution in [3.05, 3.63) is 29.6 Å². The fourth-order valence-corrected chi connectivity index (χ4v) is 3.16.